The molecule has 0 aliphatic carbocycles. The first kappa shape index (κ1) is 17.3. The van der Waals surface area contributed by atoms with Gasteiger partial charge in [-0.25, -0.2) is 9.97 Å². The summed E-state index contributed by atoms with van der Waals surface area (Å²) in [5.74, 6) is 0.830. The Kier molecular flexibility index (Phi) is 5.76. The van der Waals surface area contributed by atoms with Crippen LogP contribution in [-0.2, 0) is 16.1 Å². The molecule has 0 unspecified atom stereocenters. The molecule has 1 N–H and O–H groups in total. The standard InChI is InChI=1S/C17H27N5O2/c1-13-18-10-14(17(20-13)15-4-3-5-21(15)2)11-19-16(23)12-22-6-8-24-9-7-22/h10,15H,3-9,11-12H2,1-2H3,(H,19,23)/t15-/m0/s1. The quantitative estimate of drug-likeness (QED) is 0.846. The molecule has 1 atom stereocenters. The fourth-order valence-electron chi connectivity index (χ4n) is 3.40. The van der Waals surface area contributed by atoms with E-state index in [9.17, 15) is 4.79 Å². The molecule has 3 rings (SSSR count). The number of carbonyl (C=O) groups is 1. The minimum absolute atomic E-state index is 0.0446. The summed E-state index contributed by atoms with van der Waals surface area (Å²) in [6.07, 6.45) is 4.16. The van der Waals surface area contributed by atoms with Crippen molar-refractivity contribution in [1.29, 1.82) is 0 Å². The Morgan fingerprint density at radius 3 is 2.88 bits per heavy atom. The monoisotopic (exact) mass is 333 g/mol. The Morgan fingerprint density at radius 1 is 1.38 bits per heavy atom. The average molecular weight is 333 g/mol. The zero-order chi connectivity index (χ0) is 16.9. The zero-order valence-electron chi connectivity index (χ0n) is 14.6. The van der Waals surface area contributed by atoms with E-state index in [0.717, 1.165) is 43.1 Å². The minimum atomic E-state index is 0.0446. The minimum Gasteiger partial charge on any atom is -0.379 e. The van der Waals surface area contributed by atoms with Crippen molar-refractivity contribution in [3.63, 3.8) is 0 Å². The first-order valence-corrected chi connectivity index (χ1v) is 8.73. The van der Waals surface area contributed by atoms with Gasteiger partial charge in [0.25, 0.3) is 0 Å². The Hall–Kier alpha value is -1.57. The van der Waals surface area contributed by atoms with E-state index in [1.807, 2.05) is 13.1 Å². The smallest absolute Gasteiger partial charge is 0.234 e. The number of likely N-dealkylation sites (tertiary alicyclic amines) is 1. The van der Waals surface area contributed by atoms with Gasteiger partial charge in [-0.1, -0.05) is 0 Å². The lowest BCUT2D eigenvalue weighted by Crippen LogP contribution is -2.43. The second-order valence-electron chi connectivity index (χ2n) is 6.63. The third-order valence-electron chi connectivity index (χ3n) is 4.80. The molecule has 1 amide bonds. The van der Waals surface area contributed by atoms with Gasteiger partial charge >= 0.3 is 0 Å². The molecule has 2 aliphatic heterocycles. The summed E-state index contributed by atoms with van der Waals surface area (Å²) in [5.41, 5.74) is 2.09. The highest BCUT2D eigenvalue weighted by Gasteiger charge is 2.26. The van der Waals surface area contributed by atoms with E-state index in [2.05, 4.69) is 32.1 Å². The molecule has 3 heterocycles. The van der Waals surface area contributed by atoms with Gasteiger partial charge in [0, 0.05) is 31.4 Å². The number of carbonyl (C=O) groups excluding carboxylic acids is 1. The van der Waals surface area contributed by atoms with Gasteiger partial charge in [0.1, 0.15) is 5.82 Å². The molecule has 2 fully saturated rings. The van der Waals surface area contributed by atoms with E-state index in [0.29, 0.717) is 32.3 Å². The predicted octanol–water partition coefficient (Wildman–Crippen LogP) is 0.500. The van der Waals surface area contributed by atoms with Gasteiger partial charge in [-0.3, -0.25) is 14.6 Å². The number of morpholine rings is 1. The van der Waals surface area contributed by atoms with Crippen LogP contribution in [0.4, 0.5) is 0 Å². The molecule has 2 saturated heterocycles. The molecular weight excluding hydrogens is 306 g/mol. The van der Waals surface area contributed by atoms with E-state index in [-0.39, 0.29) is 5.91 Å². The van der Waals surface area contributed by atoms with Crippen molar-refractivity contribution in [2.45, 2.75) is 32.4 Å². The number of nitrogens with one attached hydrogen (secondary N) is 1. The number of ether oxygens (including phenoxy) is 1. The molecule has 2 aliphatic rings. The molecule has 0 aromatic carbocycles. The molecule has 24 heavy (non-hydrogen) atoms. The molecule has 1 aromatic rings. The average Bonchev–Trinajstić information content (AvgIpc) is 3.00. The topological polar surface area (TPSA) is 70.6 Å². The molecular formula is C17H27N5O2. The molecule has 1 aromatic heterocycles. The zero-order valence-corrected chi connectivity index (χ0v) is 14.6. The summed E-state index contributed by atoms with van der Waals surface area (Å²) in [6, 6.07) is 0.331. The number of hydrogen-bond acceptors (Lipinski definition) is 6. The van der Waals surface area contributed by atoms with Gasteiger partial charge < -0.3 is 10.1 Å². The van der Waals surface area contributed by atoms with Crippen LogP contribution < -0.4 is 5.32 Å². The first-order chi connectivity index (χ1) is 11.6. The number of rotatable bonds is 5. The number of amides is 1. The van der Waals surface area contributed by atoms with Gasteiger partial charge in [-0.15, -0.1) is 0 Å². The summed E-state index contributed by atoms with van der Waals surface area (Å²) in [6.45, 7) is 6.97. The van der Waals surface area contributed by atoms with Gasteiger partial charge in [0.2, 0.25) is 5.91 Å². The Bertz CT molecular complexity index is 574. The normalized spacial score (nSPS) is 22.7. The fraction of sp³-hybridized carbons (Fsp3) is 0.706. The van der Waals surface area contributed by atoms with E-state index < -0.39 is 0 Å². The highest BCUT2D eigenvalue weighted by atomic mass is 16.5. The van der Waals surface area contributed by atoms with E-state index in [1.165, 1.54) is 6.42 Å². The number of nitrogens with zero attached hydrogens (tertiary/aromatic N) is 4. The maximum absolute atomic E-state index is 12.2. The second kappa shape index (κ2) is 8.00. The number of aromatic nitrogens is 2. The highest BCUT2D eigenvalue weighted by Crippen LogP contribution is 2.30. The highest BCUT2D eigenvalue weighted by molar-refractivity contribution is 5.78. The van der Waals surface area contributed by atoms with Crippen molar-refractivity contribution in [3.8, 4) is 0 Å². The van der Waals surface area contributed by atoms with Gasteiger partial charge in [0.15, 0.2) is 0 Å². The summed E-state index contributed by atoms with van der Waals surface area (Å²) in [7, 11) is 2.13. The Labute approximate surface area is 143 Å². The van der Waals surface area contributed by atoms with Crippen LogP contribution in [0.3, 0.4) is 0 Å². The number of hydrogen-bond donors (Lipinski definition) is 1. The lowest BCUT2D eigenvalue weighted by molar-refractivity contribution is -0.123. The van der Waals surface area contributed by atoms with Crippen LogP contribution in [0.5, 0.6) is 0 Å². The van der Waals surface area contributed by atoms with Crippen LogP contribution in [0, 0.1) is 6.92 Å². The molecule has 0 saturated carbocycles. The first-order valence-electron chi connectivity index (χ1n) is 8.73. The molecule has 7 heteroatoms. The van der Waals surface area contributed by atoms with E-state index in [4.69, 9.17) is 4.74 Å². The third kappa shape index (κ3) is 4.28. The largest absolute Gasteiger partial charge is 0.379 e. The lowest BCUT2D eigenvalue weighted by Gasteiger charge is -2.26. The Balaban J connectivity index is 1.61. The van der Waals surface area contributed by atoms with Crippen molar-refractivity contribution >= 4 is 5.91 Å². The van der Waals surface area contributed by atoms with Crippen LogP contribution in [0.1, 0.15) is 36.0 Å². The van der Waals surface area contributed by atoms with Crippen LogP contribution in [-0.4, -0.2) is 72.1 Å². The molecule has 7 nitrogen and oxygen atoms in total. The lowest BCUT2D eigenvalue weighted by atomic mass is 10.1. The van der Waals surface area contributed by atoms with Crippen LogP contribution in [0.25, 0.3) is 0 Å². The third-order valence-corrected chi connectivity index (χ3v) is 4.80. The van der Waals surface area contributed by atoms with Crippen molar-refractivity contribution in [2.24, 2.45) is 0 Å². The predicted molar refractivity (Wildman–Crippen MR) is 90.5 cm³/mol. The summed E-state index contributed by atoms with van der Waals surface area (Å²) in [4.78, 5) is 25.6. The molecule has 0 spiro atoms. The summed E-state index contributed by atoms with van der Waals surface area (Å²) < 4.78 is 5.31. The van der Waals surface area contributed by atoms with Crippen molar-refractivity contribution < 1.29 is 9.53 Å². The van der Waals surface area contributed by atoms with Crippen molar-refractivity contribution in [3.05, 3.63) is 23.3 Å². The van der Waals surface area contributed by atoms with E-state index in [1.54, 1.807) is 0 Å². The van der Waals surface area contributed by atoms with E-state index >= 15 is 0 Å². The summed E-state index contributed by atoms with van der Waals surface area (Å²) in [5, 5.41) is 3.02. The maximum atomic E-state index is 12.2. The van der Waals surface area contributed by atoms with Gasteiger partial charge in [-0.2, -0.15) is 0 Å². The number of aryl methyl sites for hydroxylation is 1. The Morgan fingerprint density at radius 2 is 2.17 bits per heavy atom. The maximum Gasteiger partial charge on any atom is 0.234 e. The van der Waals surface area contributed by atoms with Crippen LogP contribution in [0.15, 0.2) is 6.20 Å². The van der Waals surface area contributed by atoms with Crippen LogP contribution in [0.2, 0.25) is 0 Å². The second-order valence-corrected chi connectivity index (χ2v) is 6.63. The fourth-order valence-corrected chi connectivity index (χ4v) is 3.40. The van der Waals surface area contributed by atoms with Crippen LogP contribution >= 0.6 is 0 Å². The molecule has 132 valence electrons. The SMILES string of the molecule is Cc1ncc(CNC(=O)CN2CCOCC2)c([C@@H]2CCCN2C)n1. The molecule has 0 bridgehead atoms. The van der Waals surface area contributed by atoms with Gasteiger partial charge in [-0.05, 0) is 33.4 Å². The van der Waals surface area contributed by atoms with Crippen molar-refractivity contribution in [2.75, 3.05) is 46.4 Å². The van der Waals surface area contributed by atoms with Gasteiger partial charge in [0.05, 0.1) is 31.5 Å². The summed E-state index contributed by atoms with van der Waals surface area (Å²) >= 11 is 0. The molecule has 0 radical (unpaired) electrons. The van der Waals surface area contributed by atoms with Crippen molar-refractivity contribution in [1.82, 2.24) is 25.1 Å².